The Hall–Kier alpha value is -2.34. The number of hydrazone groups is 1. The summed E-state index contributed by atoms with van der Waals surface area (Å²) in [6.07, 6.45) is 3.50. The molecule has 1 fully saturated rings. The highest BCUT2D eigenvalue weighted by Crippen LogP contribution is 2.36. The van der Waals surface area contributed by atoms with E-state index < -0.39 is 0 Å². The Bertz CT molecular complexity index is 774. The molecule has 0 atom stereocenters. The van der Waals surface area contributed by atoms with Gasteiger partial charge in [0.15, 0.2) is 11.5 Å². The lowest BCUT2D eigenvalue weighted by molar-refractivity contribution is -0.122. The summed E-state index contributed by atoms with van der Waals surface area (Å²) in [6, 6.07) is 13.6. The van der Waals surface area contributed by atoms with Crippen molar-refractivity contribution in [3.63, 3.8) is 0 Å². The second-order valence-corrected chi connectivity index (χ2v) is 6.67. The van der Waals surface area contributed by atoms with E-state index in [2.05, 4.69) is 26.5 Å². The fraction of sp³-hybridized carbons (Fsp3) is 0.263. The molecule has 0 heterocycles. The lowest BCUT2D eigenvalue weighted by Crippen LogP contribution is -2.18. The molecule has 0 aromatic heterocycles. The lowest BCUT2D eigenvalue weighted by atomic mass is 10.2. The summed E-state index contributed by atoms with van der Waals surface area (Å²) in [6.45, 7) is 0.445. The van der Waals surface area contributed by atoms with Gasteiger partial charge in [0.1, 0.15) is 6.61 Å². The molecule has 0 saturated heterocycles. The molecule has 0 bridgehead atoms. The maximum atomic E-state index is 11.6. The van der Waals surface area contributed by atoms with E-state index in [9.17, 15) is 4.79 Å². The van der Waals surface area contributed by atoms with Crippen LogP contribution in [0.2, 0.25) is 0 Å². The number of methoxy groups -OCH3 is 1. The molecule has 1 saturated carbocycles. The number of nitrogens with zero attached hydrogens (tertiary/aromatic N) is 1. The smallest absolute Gasteiger partial charge is 0.243 e. The van der Waals surface area contributed by atoms with E-state index >= 15 is 0 Å². The van der Waals surface area contributed by atoms with Gasteiger partial charge in [-0.25, -0.2) is 5.43 Å². The molecule has 25 heavy (non-hydrogen) atoms. The zero-order chi connectivity index (χ0) is 17.6. The van der Waals surface area contributed by atoms with Crippen LogP contribution in [-0.4, -0.2) is 19.2 Å². The third kappa shape index (κ3) is 4.82. The molecule has 3 rings (SSSR count). The molecular weight excluding hydrogens is 384 g/mol. The Morgan fingerprint density at radius 3 is 2.76 bits per heavy atom. The van der Waals surface area contributed by atoms with E-state index in [1.807, 2.05) is 42.5 Å². The first-order valence-corrected chi connectivity index (χ1v) is 8.84. The second-order valence-electron chi connectivity index (χ2n) is 5.82. The van der Waals surface area contributed by atoms with Crippen molar-refractivity contribution in [1.82, 2.24) is 5.43 Å². The van der Waals surface area contributed by atoms with Crippen molar-refractivity contribution >= 4 is 28.1 Å². The van der Waals surface area contributed by atoms with Crippen LogP contribution in [0.1, 0.15) is 24.0 Å². The van der Waals surface area contributed by atoms with Crippen molar-refractivity contribution < 1.29 is 14.3 Å². The zero-order valence-corrected chi connectivity index (χ0v) is 15.5. The third-order valence-corrected chi connectivity index (χ3v) is 4.40. The van der Waals surface area contributed by atoms with E-state index in [1.54, 1.807) is 13.3 Å². The Morgan fingerprint density at radius 2 is 2.08 bits per heavy atom. The number of nitrogens with one attached hydrogen (secondary N) is 1. The maximum Gasteiger partial charge on any atom is 0.243 e. The van der Waals surface area contributed by atoms with Crippen molar-refractivity contribution in [3.8, 4) is 11.5 Å². The van der Waals surface area contributed by atoms with Crippen LogP contribution in [0.5, 0.6) is 11.5 Å². The van der Waals surface area contributed by atoms with Gasteiger partial charge < -0.3 is 9.47 Å². The van der Waals surface area contributed by atoms with E-state index in [-0.39, 0.29) is 11.8 Å². The topological polar surface area (TPSA) is 59.9 Å². The standard InChI is InChI=1S/C19H19BrN2O3/c1-24-17-10-14(11-21-22-19(23)15-7-8-15)9-16(20)18(17)25-12-13-5-3-2-4-6-13/h2-6,9-11,15H,7-8,12H2,1H3,(H,22,23)/b21-11-. The number of amides is 1. The minimum atomic E-state index is -0.0231. The summed E-state index contributed by atoms with van der Waals surface area (Å²) in [5.74, 6) is 1.34. The molecule has 0 unspecified atom stereocenters. The summed E-state index contributed by atoms with van der Waals surface area (Å²) < 4.78 is 12.1. The minimum Gasteiger partial charge on any atom is -0.493 e. The van der Waals surface area contributed by atoms with Gasteiger partial charge in [-0.2, -0.15) is 5.10 Å². The van der Waals surface area contributed by atoms with Gasteiger partial charge in [0.25, 0.3) is 0 Å². The van der Waals surface area contributed by atoms with Crippen molar-refractivity contribution in [1.29, 1.82) is 0 Å². The van der Waals surface area contributed by atoms with Crippen LogP contribution in [0, 0.1) is 5.92 Å². The number of ether oxygens (including phenoxy) is 2. The molecule has 1 aliphatic rings. The van der Waals surface area contributed by atoms with Crippen molar-refractivity contribution in [2.24, 2.45) is 11.0 Å². The number of benzene rings is 2. The van der Waals surface area contributed by atoms with E-state index in [0.29, 0.717) is 18.1 Å². The highest BCUT2D eigenvalue weighted by Gasteiger charge is 2.29. The second kappa shape index (κ2) is 8.16. The molecular formula is C19H19BrN2O3. The van der Waals surface area contributed by atoms with Crippen molar-refractivity contribution in [2.45, 2.75) is 19.4 Å². The first kappa shape index (κ1) is 17.5. The van der Waals surface area contributed by atoms with E-state index in [0.717, 1.165) is 28.4 Å². The van der Waals surface area contributed by atoms with Crippen LogP contribution in [0.25, 0.3) is 0 Å². The zero-order valence-electron chi connectivity index (χ0n) is 13.9. The number of halogens is 1. The molecule has 0 spiro atoms. The monoisotopic (exact) mass is 402 g/mol. The Morgan fingerprint density at radius 1 is 1.32 bits per heavy atom. The van der Waals surface area contributed by atoms with Crippen molar-refractivity contribution in [3.05, 3.63) is 58.1 Å². The number of carbonyl (C=O) groups is 1. The van der Waals surface area contributed by atoms with Crippen molar-refractivity contribution in [2.75, 3.05) is 7.11 Å². The molecule has 1 N–H and O–H groups in total. The minimum absolute atomic E-state index is 0.0231. The Balaban J connectivity index is 1.69. The Kier molecular flexibility index (Phi) is 5.71. The SMILES string of the molecule is COc1cc(/C=N\NC(=O)C2CC2)cc(Br)c1OCc1ccccc1. The number of hydrogen-bond donors (Lipinski definition) is 1. The van der Waals surface area contributed by atoms with Gasteiger partial charge in [-0.15, -0.1) is 0 Å². The van der Waals surface area contributed by atoms with E-state index in [1.165, 1.54) is 0 Å². The quantitative estimate of drug-likeness (QED) is 0.564. The first-order valence-electron chi connectivity index (χ1n) is 8.04. The fourth-order valence-corrected chi connectivity index (χ4v) is 2.87. The van der Waals surface area contributed by atoms with Gasteiger partial charge in [-0.1, -0.05) is 30.3 Å². The molecule has 1 aliphatic carbocycles. The number of hydrogen-bond acceptors (Lipinski definition) is 4. The average Bonchev–Trinajstić information content (AvgIpc) is 3.46. The molecule has 5 nitrogen and oxygen atoms in total. The van der Waals surface area contributed by atoms with Gasteiger partial charge >= 0.3 is 0 Å². The highest BCUT2D eigenvalue weighted by molar-refractivity contribution is 9.10. The average molecular weight is 403 g/mol. The summed E-state index contributed by atoms with van der Waals surface area (Å²) in [5.41, 5.74) is 4.43. The third-order valence-electron chi connectivity index (χ3n) is 3.81. The fourth-order valence-electron chi connectivity index (χ4n) is 2.29. The molecule has 2 aromatic carbocycles. The van der Waals surface area contributed by atoms with Crippen LogP contribution in [0.4, 0.5) is 0 Å². The molecule has 1 amide bonds. The van der Waals surface area contributed by atoms with Crippen LogP contribution in [0.3, 0.4) is 0 Å². The highest BCUT2D eigenvalue weighted by atomic mass is 79.9. The summed E-state index contributed by atoms with van der Waals surface area (Å²) in [5, 5.41) is 4.00. The van der Waals surface area contributed by atoms with Gasteiger partial charge in [0, 0.05) is 5.92 Å². The molecule has 0 aliphatic heterocycles. The number of rotatable bonds is 7. The van der Waals surface area contributed by atoms with Crippen LogP contribution in [0.15, 0.2) is 52.0 Å². The largest absolute Gasteiger partial charge is 0.493 e. The van der Waals surface area contributed by atoms with Crippen LogP contribution >= 0.6 is 15.9 Å². The molecule has 0 radical (unpaired) electrons. The van der Waals surface area contributed by atoms with Crippen LogP contribution in [-0.2, 0) is 11.4 Å². The lowest BCUT2D eigenvalue weighted by Gasteiger charge is -2.13. The normalized spacial score (nSPS) is 13.7. The van der Waals surface area contributed by atoms with Gasteiger partial charge in [-0.3, -0.25) is 4.79 Å². The summed E-state index contributed by atoms with van der Waals surface area (Å²) in [4.78, 5) is 11.6. The molecule has 6 heteroatoms. The van der Waals surface area contributed by atoms with E-state index in [4.69, 9.17) is 9.47 Å². The van der Waals surface area contributed by atoms with Gasteiger partial charge in [0.2, 0.25) is 5.91 Å². The molecule has 2 aromatic rings. The predicted octanol–water partition coefficient (Wildman–Crippen LogP) is 3.90. The Labute approximate surface area is 155 Å². The predicted molar refractivity (Wildman–Crippen MR) is 99.9 cm³/mol. The maximum absolute atomic E-state index is 11.6. The first-order chi connectivity index (χ1) is 12.2. The molecule has 130 valence electrons. The van der Waals surface area contributed by atoms with Gasteiger partial charge in [-0.05, 0) is 52.0 Å². The van der Waals surface area contributed by atoms with Gasteiger partial charge in [0.05, 0.1) is 17.8 Å². The number of carbonyl (C=O) groups excluding carboxylic acids is 1. The van der Waals surface area contributed by atoms with Crippen LogP contribution < -0.4 is 14.9 Å². The summed E-state index contributed by atoms with van der Waals surface area (Å²) in [7, 11) is 1.59. The summed E-state index contributed by atoms with van der Waals surface area (Å²) >= 11 is 3.51.